The van der Waals surface area contributed by atoms with Gasteiger partial charge in [0.15, 0.2) is 0 Å². The standard InChI is InChI=1S/C21H33N3O/c1-5-6-7-8-12-24-13-11-21(3,16(2)15-24)17-9-10-18-19(14-17)23-20(22-18)25-4/h9-10,14,16H,5-8,11-13,15H2,1-4H3,(H,22,23). The molecule has 2 aromatic rings. The Labute approximate surface area is 152 Å². The van der Waals surface area contributed by atoms with Gasteiger partial charge in [0, 0.05) is 6.54 Å². The van der Waals surface area contributed by atoms with Crippen molar-refractivity contribution >= 4 is 11.0 Å². The van der Waals surface area contributed by atoms with E-state index in [0.29, 0.717) is 11.9 Å². The van der Waals surface area contributed by atoms with Gasteiger partial charge in [0.2, 0.25) is 0 Å². The number of methoxy groups -OCH3 is 1. The van der Waals surface area contributed by atoms with Gasteiger partial charge in [-0.15, -0.1) is 0 Å². The first kappa shape index (κ1) is 18.2. The normalized spacial score (nSPS) is 24.7. The van der Waals surface area contributed by atoms with E-state index in [2.05, 4.69) is 53.8 Å². The maximum absolute atomic E-state index is 5.23. The highest BCUT2D eigenvalue weighted by molar-refractivity contribution is 5.76. The number of hydrogen-bond donors (Lipinski definition) is 1. The molecule has 1 aliphatic rings. The Hall–Kier alpha value is -1.55. The third-order valence-corrected chi connectivity index (χ3v) is 6.21. The molecule has 3 rings (SSSR count). The van der Waals surface area contributed by atoms with Crippen LogP contribution in [0.15, 0.2) is 18.2 Å². The number of rotatable bonds is 7. The van der Waals surface area contributed by atoms with Crippen LogP contribution >= 0.6 is 0 Å². The van der Waals surface area contributed by atoms with Crippen molar-refractivity contribution in [1.82, 2.24) is 14.9 Å². The van der Waals surface area contributed by atoms with Crippen LogP contribution < -0.4 is 4.74 Å². The summed E-state index contributed by atoms with van der Waals surface area (Å²) in [7, 11) is 1.65. The molecule has 1 aromatic carbocycles. The predicted molar refractivity (Wildman–Crippen MR) is 104 cm³/mol. The fourth-order valence-electron chi connectivity index (χ4n) is 4.15. The monoisotopic (exact) mass is 343 g/mol. The molecular weight excluding hydrogens is 310 g/mol. The first-order valence-corrected chi connectivity index (χ1v) is 9.83. The second-order valence-corrected chi connectivity index (χ2v) is 7.91. The molecule has 138 valence electrons. The molecule has 2 unspecified atom stereocenters. The molecule has 4 nitrogen and oxygen atoms in total. The number of likely N-dealkylation sites (tertiary alicyclic amines) is 1. The van der Waals surface area contributed by atoms with E-state index < -0.39 is 0 Å². The fraction of sp³-hybridized carbons (Fsp3) is 0.667. The van der Waals surface area contributed by atoms with E-state index in [1.807, 2.05) is 0 Å². The van der Waals surface area contributed by atoms with Crippen molar-refractivity contribution in [3.05, 3.63) is 23.8 Å². The van der Waals surface area contributed by atoms with E-state index in [0.717, 1.165) is 11.0 Å². The molecule has 1 aromatic heterocycles. The molecule has 0 spiro atoms. The lowest BCUT2D eigenvalue weighted by Crippen LogP contribution is -2.47. The van der Waals surface area contributed by atoms with Crippen LogP contribution in [0.4, 0.5) is 0 Å². The summed E-state index contributed by atoms with van der Waals surface area (Å²) in [6.45, 7) is 10.8. The van der Waals surface area contributed by atoms with Crippen molar-refractivity contribution in [3.8, 4) is 6.01 Å². The second-order valence-electron chi connectivity index (χ2n) is 7.91. The lowest BCUT2D eigenvalue weighted by molar-refractivity contribution is 0.109. The summed E-state index contributed by atoms with van der Waals surface area (Å²) in [5, 5.41) is 0. The minimum Gasteiger partial charge on any atom is -0.468 e. The zero-order valence-electron chi connectivity index (χ0n) is 16.3. The lowest BCUT2D eigenvalue weighted by atomic mass is 9.68. The summed E-state index contributed by atoms with van der Waals surface area (Å²) >= 11 is 0. The molecule has 0 saturated carbocycles. The quantitative estimate of drug-likeness (QED) is 0.738. The molecule has 4 heteroatoms. The molecule has 1 saturated heterocycles. The van der Waals surface area contributed by atoms with E-state index in [1.54, 1.807) is 7.11 Å². The number of imidazole rings is 1. The zero-order valence-corrected chi connectivity index (χ0v) is 16.3. The molecule has 2 atom stereocenters. The van der Waals surface area contributed by atoms with Crippen molar-refractivity contribution in [3.63, 3.8) is 0 Å². The fourth-order valence-corrected chi connectivity index (χ4v) is 4.15. The molecule has 1 aliphatic heterocycles. The minimum absolute atomic E-state index is 0.223. The predicted octanol–water partition coefficient (Wildman–Crippen LogP) is 4.75. The van der Waals surface area contributed by atoms with Crippen LogP contribution in [-0.4, -0.2) is 41.6 Å². The van der Waals surface area contributed by atoms with Crippen LogP contribution in [0.3, 0.4) is 0 Å². The van der Waals surface area contributed by atoms with E-state index >= 15 is 0 Å². The van der Waals surface area contributed by atoms with Gasteiger partial charge >= 0.3 is 0 Å². The molecule has 0 amide bonds. The highest BCUT2D eigenvalue weighted by atomic mass is 16.5. The van der Waals surface area contributed by atoms with Gasteiger partial charge < -0.3 is 14.6 Å². The summed E-state index contributed by atoms with van der Waals surface area (Å²) < 4.78 is 5.23. The highest BCUT2D eigenvalue weighted by Gasteiger charge is 2.37. The molecule has 1 N–H and O–H groups in total. The number of benzene rings is 1. The number of nitrogens with one attached hydrogen (secondary N) is 1. The number of nitrogens with zero attached hydrogens (tertiary/aromatic N) is 2. The molecule has 0 aliphatic carbocycles. The van der Waals surface area contributed by atoms with Gasteiger partial charge in [0.05, 0.1) is 18.1 Å². The van der Waals surface area contributed by atoms with Crippen LogP contribution in [0.1, 0.15) is 58.4 Å². The zero-order chi connectivity index (χ0) is 17.9. The Morgan fingerprint density at radius 3 is 2.88 bits per heavy atom. The first-order valence-electron chi connectivity index (χ1n) is 9.83. The van der Waals surface area contributed by atoms with E-state index in [1.165, 1.54) is 57.3 Å². The third-order valence-electron chi connectivity index (χ3n) is 6.21. The maximum atomic E-state index is 5.23. The largest absolute Gasteiger partial charge is 0.468 e. The average molecular weight is 344 g/mol. The Kier molecular flexibility index (Phi) is 5.67. The lowest BCUT2D eigenvalue weighted by Gasteiger charge is -2.45. The van der Waals surface area contributed by atoms with Gasteiger partial charge in [-0.3, -0.25) is 0 Å². The van der Waals surface area contributed by atoms with E-state index in [9.17, 15) is 0 Å². The van der Waals surface area contributed by atoms with Gasteiger partial charge in [0.1, 0.15) is 0 Å². The number of fused-ring (bicyclic) bond motifs is 1. The Morgan fingerprint density at radius 1 is 1.32 bits per heavy atom. The number of unbranched alkanes of at least 4 members (excludes halogenated alkanes) is 3. The summed E-state index contributed by atoms with van der Waals surface area (Å²) in [6.07, 6.45) is 6.62. The van der Waals surface area contributed by atoms with Gasteiger partial charge in [-0.2, -0.15) is 4.98 Å². The van der Waals surface area contributed by atoms with Crippen LogP contribution in [0.2, 0.25) is 0 Å². The summed E-state index contributed by atoms with van der Waals surface area (Å²) in [5.41, 5.74) is 3.68. The molecular formula is C21H33N3O. The van der Waals surface area contributed by atoms with Crippen LogP contribution in [0, 0.1) is 5.92 Å². The van der Waals surface area contributed by atoms with E-state index in [4.69, 9.17) is 4.74 Å². The van der Waals surface area contributed by atoms with Gasteiger partial charge in [-0.05, 0) is 55.0 Å². The van der Waals surface area contributed by atoms with Gasteiger partial charge in [0.25, 0.3) is 6.01 Å². The molecule has 2 heterocycles. The number of ether oxygens (including phenoxy) is 1. The van der Waals surface area contributed by atoms with Crippen LogP contribution in [0.25, 0.3) is 11.0 Å². The topological polar surface area (TPSA) is 41.2 Å². The van der Waals surface area contributed by atoms with Crippen LogP contribution in [0.5, 0.6) is 6.01 Å². The summed E-state index contributed by atoms with van der Waals surface area (Å²) in [5.74, 6) is 0.644. The van der Waals surface area contributed by atoms with Crippen molar-refractivity contribution in [1.29, 1.82) is 0 Å². The Balaban J connectivity index is 1.69. The third kappa shape index (κ3) is 3.84. The Morgan fingerprint density at radius 2 is 2.16 bits per heavy atom. The van der Waals surface area contributed by atoms with Gasteiger partial charge in [-0.25, -0.2) is 0 Å². The number of hydrogen-bond acceptors (Lipinski definition) is 3. The second kappa shape index (κ2) is 7.77. The molecule has 25 heavy (non-hydrogen) atoms. The van der Waals surface area contributed by atoms with E-state index in [-0.39, 0.29) is 5.41 Å². The first-order chi connectivity index (χ1) is 12.1. The van der Waals surface area contributed by atoms with Crippen molar-refractivity contribution in [2.24, 2.45) is 5.92 Å². The van der Waals surface area contributed by atoms with Crippen molar-refractivity contribution in [2.75, 3.05) is 26.7 Å². The van der Waals surface area contributed by atoms with Crippen molar-refractivity contribution in [2.45, 2.75) is 58.3 Å². The van der Waals surface area contributed by atoms with Crippen LogP contribution in [-0.2, 0) is 5.41 Å². The summed E-state index contributed by atoms with van der Waals surface area (Å²) in [4.78, 5) is 10.4. The number of H-pyrrole nitrogens is 1. The maximum Gasteiger partial charge on any atom is 0.294 e. The Bertz CT molecular complexity index is 696. The smallest absolute Gasteiger partial charge is 0.294 e. The molecule has 1 fully saturated rings. The number of piperidine rings is 1. The number of aromatic amines is 1. The molecule has 0 bridgehead atoms. The summed E-state index contributed by atoms with van der Waals surface area (Å²) in [6, 6.07) is 7.26. The minimum atomic E-state index is 0.223. The SMILES string of the molecule is CCCCCCN1CCC(C)(c2ccc3[nH]c(OC)nc3c2)C(C)C1. The highest BCUT2D eigenvalue weighted by Crippen LogP contribution is 2.40. The number of aromatic nitrogens is 2. The van der Waals surface area contributed by atoms with Gasteiger partial charge in [-0.1, -0.05) is 46.1 Å². The molecule has 0 radical (unpaired) electrons. The average Bonchev–Trinajstić information content (AvgIpc) is 3.04. The van der Waals surface area contributed by atoms with Crippen molar-refractivity contribution < 1.29 is 4.74 Å².